The molecular formula is C19H30N4O5. The Labute approximate surface area is 165 Å². The zero-order valence-corrected chi connectivity index (χ0v) is 16.6. The highest BCUT2D eigenvalue weighted by molar-refractivity contribution is 5.69. The monoisotopic (exact) mass is 394 g/mol. The third kappa shape index (κ3) is 9.03. The summed E-state index contributed by atoms with van der Waals surface area (Å²) in [5.74, 6) is -1.83. The largest absolute Gasteiger partial charge is 0.480 e. The third-order valence-electron chi connectivity index (χ3n) is 4.15. The van der Waals surface area contributed by atoms with Gasteiger partial charge in [-0.1, -0.05) is 19.9 Å². The molecule has 0 saturated heterocycles. The highest BCUT2D eigenvalue weighted by Crippen LogP contribution is 2.09. The minimum atomic E-state index is -0.914. The van der Waals surface area contributed by atoms with Gasteiger partial charge in [-0.05, 0) is 12.1 Å². The molecule has 1 aliphatic rings. The minimum absolute atomic E-state index is 0.105. The second kappa shape index (κ2) is 12.9. The van der Waals surface area contributed by atoms with Crippen molar-refractivity contribution in [3.63, 3.8) is 0 Å². The van der Waals surface area contributed by atoms with E-state index >= 15 is 0 Å². The molecule has 9 nitrogen and oxygen atoms in total. The molecule has 28 heavy (non-hydrogen) atoms. The van der Waals surface area contributed by atoms with Crippen molar-refractivity contribution >= 4 is 18.2 Å². The summed E-state index contributed by atoms with van der Waals surface area (Å²) in [7, 11) is 0. The van der Waals surface area contributed by atoms with Gasteiger partial charge in [0.25, 0.3) is 0 Å². The Bertz CT molecular complexity index is 595. The summed E-state index contributed by atoms with van der Waals surface area (Å²) in [4.78, 5) is 43.2. The van der Waals surface area contributed by atoms with Gasteiger partial charge >= 0.3 is 11.9 Å². The molecule has 2 N–H and O–H groups in total. The van der Waals surface area contributed by atoms with E-state index in [0.29, 0.717) is 39.3 Å². The van der Waals surface area contributed by atoms with Gasteiger partial charge in [0.15, 0.2) is 0 Å². The lowest BCUT2D eigenvalue weighted by molar-refractivity contribution is -0.139. The molecule has 2 heterocycles. The fourth-order valence-electron chi connectivity index (χ4n) is 2.94. The zero-order valence-electron chi connectivity index (χ0n) is 16.6. The highest BCUT2D eigenvalue weighted by atomic mass is 16.4. The molecule has 9 heteroatoms. The van der Waals surface area contributed by atoms with Crippen LogP contribution >= 0.6 is 0 Å². The average molecular weight is 394 g/mol. The van der Waals surface area contributed by atoms with Crippen LogP contribution in [-0.4, -0.2) is 93.9 Å². The lowest BCUT2D eigenvalue weighted by Crippen LogP contribution is -2.43. The molecule has 0 aromatic carbocycles. The Hall–Kier alpha value is -2.36. The number of fused-ring (bicyclic) bond motifs is 2. The van der Waals surface area contributed by atoms with E-state index in [1.165, 1.54) is 0 Å². The number of carboxylic acid groups (broad SMARTS) is 2. The van der Waals surface area contributed by atoms with Gasteiger partial charge in [-0.15, -0.1) is 0 Å². The van der Waals surface area contributed by atoms with Crippen LogP contribution in [0, 0.1) is 0 Å². The average Bonchev–Trinajstić information content (AvgIpc) is 2.64. The third-order valence-corrected chi connectivity index (χ3v) is 4.15. The first-order valence-corrected chi connectivity index (χ1v) is 9.45. The van der Waals surface area contributed by atoms with Crippen molar-refractivity contribution in [3.8, 4) is 0 Å². The Morgan fingerprint density at radius 3 is 1.75 bits per heavy atom. The van der Waals surface area contributed by atoms with Gasteiger partial charge in [-0.2, -0.15) is 0 Å². The molecule has 0 spiro atoms. The van der Waals surface area contributed by atoms with Crippen LogP contribution in [0.15, 0.2) is 18.2 Å². The van der Waals surface area contributed by atoms with Crippen molar-refractivity contribution in [3.05, 3.63) is 29.6 Å². The lowest BCUT2D eigenvalue weighted by Gasteiger charge is -2.29. The molecule has 2 rings (SSSR count). The molecule has 0 unspecified atom stereocenters. The summed E-state index contributed by atoms with van der Waals surface area (Å²) >= 11 is 0. The fraction of sp³-hybridized carbons (Fsp3) is 0.579. The number of aromatic nitrogens is 1. The van der Waals surface area contributed by atoms with E-state index in [4.69, 9.17) is 10.2 Å². The summed E-state index contributed by atoms with van der Waals surface area (Å²) in [6.07, 6.45) is 0.805. The van der Waals surface area contributed by atoms with Crippen molar-refractivity contribution in [2.24, 2.45) is 0 Å². The van der Waals surface area contributed by atoms with E-state index in [9.17, 15) is 14.4 Å². The SMILES string of the molecule is CC.O=CCN1CCN(CC(=O)O)Cc2cccc(n2)CN(CC(=O)O)CC1. The first-order chi connectivity index (χ1) is 13.5. The van der Waals surface area contributed by atoms with E-state index in [2.05, 4.69) is 4.98 Å². The molecule has 1 aromatic heterocycles. The maximum absolute atomic E-state index is 11.1. The van der Waals surface area contributed by atoms with Crippen LogP contribution in [0.3, 0.4) is 0 Å². The molecule has 0 fully saturated rings. The summed E-state index contributed by atoms with van der Waals surface area (Å²) in [5, 5.41) is 18.2. The van der Waals surface area contributed by atoms with E-state index < -0.39 is 11.9 Å². The van der Waals surface area contributed by atoms with Gasteiger partial charge in [0.1, 0.15) is 6.29 Å². The standard InChI is InChI=1S/C17H24N4O5.C2H6/c22-9-8-19-4-6-20(12-16(23)24)10-14-2-1-3-15(18-14)11-21(7-5-19)13-17(25)26;1-2/h1-3,9H,4-8,10-13H2,(H,23,24)(H,25,26);1-2H3. The van der Waals surface area contributed by atoms with Crippen LogP contribution in [0.5, 0.6) is 0 Å². The van der Waals surface area contributed by atoms with Gasteiger partial charge in [-0.25, -0.2) is 0 Å². The maximum Gasteiger partial charge on any atom is 0.317 e. The normalized spacial score (nSPS) is 16.8. The van der Waals surface area contributed by atoms with Crippen LogP contribution in [0.1, 0.15) is 25.2 Å². The predicted molar refractivity (Wildman–Crippen MR) is 104 cm³/mol. The molecule has 156 valence electrons. The topological polar surface area (TPSA) is 114 Å². The van der Waals surface area contributed by atoms with E-state index in [-0.39, 0.29) is 19.6 Å². The number of aldehydes is 1. The number of carboxylic acids is 2. The zero-order chi connectivity index (χ0) is 20.9. The molecule has 0 radical (unpaired) electrons. The molecule has 1 aromatic rings. The number of carbonyl (C=O) groups is 3. The van der Waals surface area contributed by atoms with E-state index in [1.54, 1.807) is 9.80 Å². The van der Waals surface area contributed by atoms with Gasteiger partial charge in [0.2, 0.25) is 0 Å². The number of rotatable bonds is 6. The van der Waals surface area contributed by atoms with Crippen molar-refractivity contribution in [1.82, 2.24) is 19.7 Å². The molecule has 0 saturated carbocycles. The Morgan fingerprint density at radius 2 is 1.36 bits per heavy atom. The summed E-state index contributed by atoms with van der Waals surface area (Å²) < 4.78 is 0. The number of aliphatic carboxylic acids is 2. The summed E-state index contributed by atoms with van der Waals surface area (Å²) in [6, 6.07) is 5.50. The van der Waals surface area contributed by atoms with Crippen molar-refractivity contribution < 1.29 is 24.6 Å². The number of pyridine rings is 1. The Morgan fingerprint density at radius 1 is 0.929 bits per heavy atom. The van der Waals surface area contributed by atoms with E-state index in [0.717, 1.165) is 17.7 Å². The number of carbonyl (C=O) groups excluding carboxylic acids is 1. The van der Waals surface area contributed by atoms with Crippen molar-refractivity contribution in [2.45, 2.75) is 26.9 Å². The molecule has 0 aliphatic carbocycles. The number of hydrogen-bond acceptors (Lipinski definition) is 7. The van der Waals surface area contributed by atoms with E-state index in [1.807, 2.05) is 36.9 Å². The van der Waals surface area contributed by atoms with Crippen LogP contribution in [0.2, 0.25) is 0 Å². The van der Waals surface area contributed by atoms with Crippen LogP contribution in [-0.2, 0) is 27.5 Å². The fourth-order valence-corrected chi connectivity index (χ4v) is 2.94. The second-order valence-electron chi connectivity index (χ2n) is 6.30. The van der Waals surface area contributed by atoms with Gasteiger partial charge < -0.3 is 15.0 Å². The smallest absolute Gasteiger partial charge is 0.317 e. The Balaban J connectivity index is 0.00000190. The molecule has 0 amide bonds. The minimum Gasteiger partial charge on any atom is -0.480 e. The summed E-state index contributed by atoms with van der Waals surface area (Å²) in [5.41, 5.74) is 1.48. The van der Waals surface area contributed by atoms with Crippen molar-refractivity contribution in [2.75, 3.05) is 45.8 Å². The molecule has 1 aliphatic heterocycles. The summed E-state index contributed by atoms with van der Waals surface area (Å²) in [6.45, 7) is 6.78. The quantitative estimate of drug-likeness (QED) is 0.662. The van der Waals surface area contributed by atoms with Crippen LogP contribution in [0.25, 0.3) is 0 Å². The molecular weight excluding hydrogens is 364 g/mol. The Kier molecular flexibility index (Phi) is 10.9. The van der Waals surface area contributed by atoms with Gasteiger partial charge in [0.05, 0.1) is 31.0 Å². The lowest BCUT2D eigenvalue weighted by atomic mass is 10.2. The van der Waals surface area contributed by atoms with Crippen LogP contribution in [0.4, 0.5) is 0 Å². The number of nitrogens with zero attached hydrogens (tertiary/aromatic N) is 4. The van der Waals surface area contributed by atoms with Gasteiger partial charge in [0, 0.05) is 39.3 Å². The van der Waals surface area contributed by atoms with Crippen molar-refractivity contribution in [1.29, 1.82) is 0 Å². The second-order valence-corrected chi connectivity index (χ2v) is 6.30. The van der Waals surface area contributed by atoms with Crippen LogP contribution < -0.4 is 0 Å². The first kappa shape index (κ1) is 23.7. The molecule has 2 bridgehead atoms. The predicted octanol–water partition coefficient (Wildman–Crippen LogP) is 0.396. The first-order valence-electron chi connectivity index (χ1n) is 9.45. The highest BCUT2D eigenvalue weighted by Gasteiger charge is 2.18. The number of hydrogen-bond donors (Lipinski definition) is 2. The van der Waals surface area contributed by atoms with Gasteiger partial charge in [-0.3, -0.25) is 29.3 Å². The molecule has 0 atom stereocenters. The maximum atomic E-state index is 11.1.